The fourth-order valence-corrected chi connectivity index (χ4v) is 4.98. The lowest BCUT2D eigenvalue weighted by molar-refractivity contribution is 0.432. The Morgan fingerprint density at radius 2 is 1.61 bits per heavy atom. The van der Waals surface area contributed by atoms with Crippen molar-refractivity contribution in [1.29, 1.82) is 0 Å². The molecule has 0 aliphatic carbocycles. The highest BCUT2D eigenvalue weighted by molar-refractivity contribution is 7.90. The van der Waals surface area contributed by atoms with E-state index in [-0.39, 0.29) is 5.75 Å². The van der Waals surface area contributed by atoms with E-state index in [1.54, 1.807) is 65.5 Å². The second-order valence-corrected chi connectivity index (χ2v) is 9.60. The molecule has 2 aromatic heterocycles. The Hall–Kier alpha value is -4.04. The maximum absolute atomic E-state index is 12.6. The van der Waals surface area contributed by atoms with Crippen molar-refractivity contribution in [3.05, 3.63) is 96.7 Å². The Balaban J connectivity index is 1.36. The lowest BCUT2D eigenvalue weighted by Gasteiger charge is -2.05. The number of hydrogen-bond acceptors (Lipinski definition) is 6. The summed E-state index contributed by atoms with van der Waals surface area (Å²) in [4.78, 5) is 4.84. The molecule has 0 N–H and O–H groups in total. The molecule has 0 radical (unpaired) electrons. The van der Waals surface area contributed by atoms with Gasteiger partial charge in [0, 0.05) is 29.9 Å². The fraction of sp³-hybridized carbons (Fsp3) is 0.0800. The third-order valence-corrected chi connectivity index (χ3v) is 7.03. The first-order valence-corrected chi connectivity index (χ1v) is 11.9. The third-order valence-electron chi connectivity index (χ3n) is 5.32. The van der Waals surface area contributed by atoms with Gasteiger partial charge in [-0.2, -0.15) is 10.1 Å². The Morgan fingerprint density at radius 1 is 0.848 bits per heavy atom. The maximum Gasteiger partial charge on any atom is 0.258 e. The van der Waals surface area contributed by atoms with Gasteiger partial charge in [-0.3, -0.25) is 4.68 Å². The molecule has 0 bridgehead atoms. The first-order chi connectivity index (χ1) is 16.0. The van der Waals surface area contributed by atoms with Crippen LogP contribution in [0.3, 0.4) is 0 Å². The normalized spacial score (nSPS) is 11.5. The van der Waals surface area contributed by atoms with Gasteiger partial charge in [0.2, 0.25) is 5.82 Å². The van der Waals surface area contributed by atoms with Crippen molar-refractivity contribution in [3.63, 3.8) is 0 Å². The molecular weight excluding hydrogens is 436 g/mol. The van der Waals surface area contributed by atoms with Crippen molar-refractivity contribution in [2.24, 2.45) is 7.05 Å². The van der Waals surface area contributed by atoms with Gasteiger partial charge in [0.25, 0.3) is 5.89 Å². The maximum atomic E-state index is 12.6. The van der Waals surface area contributed by atoms with Crippen molar-refractivity contribution in [2.75, 3.05) is 0 Å². The third kappa shape index (κ3) is 4.33. The van der Waals surface area contributed by atoms with Crippen LogP contribution in [0.2, 0.25) is 0 Å². The summed E-state index contributed by atoms with van der Waals surface area (Å²) in [7, 11) is -1.51. The van der Waals surface area contributed by atoms with E-state index in [4.69, 9.17) is 4.52 Å². The van der Waals surface area contributed by atoms with Gasteiger partial charge >= 0.3 is 0 Å². The molecule has 0 fully saturated rings. The van der Waals surface area contributed by atoms with Gasteiger partial charge in [-0.15, -0.1) is 0 Å². The van der Waals surface area contributed by atoms with Crippen LogP contribution >= 0.6 is 0 Å². The minimum absolute atomic E-state index is 0.0762. The molecule has 164 valence electrons. The highest BCUT2D eigenvalue weighted by Gasteiger charge is 2.16. The number of nitrogens with zero attached hydrogens (tertiary/aromatic N) is 4. The summed E-state index contributed by atoms with van der Waals surface area (Å²) in [6.45, 7) is 0. The summed E-state index contributed by atoms with van der Waals surface area (Å²) in [5.74, 6) is 0.769. The van der Waals surface area contributed by atoms with Crippen LogP contribution in [0.4, 0.5) is 0 Å². The summed E-state index contributed by atoms with van der Waals surface area (Å²) in [6, 6.07) is 25.4. The smallest absolute Gasteiger partial charge is 0.258 e. The Bertz CT molecular complexity index is 1500. The minimum Gasteiger partial charge on any atom is -0.334 e. The van der Waals surface area contributed by atoms with Crippen LogP contribution in [0.25, 0.3) is 34.1 Å². The number of aromatic nitrogens is 4. The Kier molecular flexibility index (Phi) is 5.35. The SMILES string of the molecule is Cn1nccc1-c1cccc(-c2noc(-c3ccc(CS(=O)(=O)c4ccccc4)cc3)n2)c1. The fourth-order valence-electron chi connectivity index (χ4n) is 3.61. The second kappa shape index (κ2) is 8.48. The van der Waals surface area contributed by atoms with Crippen molar-refractivity contribution < 1.29 is 12.9 Å². The highest BCUT2D eigenvalue weighted by atomic mass is 32.2. The lowest BCUT2D eigenvalue weighted by atomic mass is 10.1. The molecule has 8 heteroatoms. The lowest BCUT2D eigenvalue weighted by Crippen LogP contribution is -2.04. The van der Waals surface area contributed by atoms with E-state index in [0.717, 1.165) is 22.4 Å². The molecule has 0 atom stereocenters. The number of hydrogen-bond donors (Lipinski definition) is 0. The van der Waals surface area contributed by atoms with Gasteiger partial charge in [-0.05, 0) is 42.0 Å². The van der Waals surface area contributed by atoms with Crippen LogP contribution < -0.4 is 0 Å². The second-order valence-electron chi connectivity index (χ2n) is 7.61. The van der Waals surface area contributed by atoms with Crippen LogP contribution in [0.5, 0.6) is 0 Å². The van der Waals surface area contributed by atoms with E-state index in [9.17, 15) is 8.42 Å². The van der Waals surface area contributed by atoms with E-state index in [1.165, 1.54) is 0 Å². The van der Waals surface area contributed by atoms with Crippen molar-refractivity contribution in [2.45, 2.75) is 10.6 Å². The van der Waals surface area contributed by atoms with Crippen LogP contribution in [0.1, 0.15) is 5.56 Å². The minimum atomic E-state index is -3.41. The average Bonchev–Trinajstić information content (AvgIpc) is 3.50. The van der Waals surface area contributed by atoms with Crippen LogP contribution in [0.15, 0.2) is 101 Å². The number of rotatable bonds is 6. The summed E-state index contributed by atoms with van der Waals surface area (Å²) in [6.07, 6.45) is 1.75. The van der Waals surface area contributed by atoms with Gasteiger partial charge in [0.15, 0.2) is 9.84 Å². The van der Waals surface area contributed by atoms with Crippen LogP contribution in [0, 0.1) is 0 Å². The summed E-state index contributed by atoms with van der Waals surface area (Å²) >= 11 is 0. The molecule has 0 aliphatic rings. The zero-order chi connectivity index (χ0) is 22.8. The summed E-state index contributed by atoms with van der Waals surface area (Å²) < 4.78 is 32.5. The van der Waals surface area contributed by atoms with Crippen molar-refractivity contribution in [1.82, 2.24) is 19.9 Å². The molecule has 3 aromatic carbocycles. The Morgan fingerprint density at radius 3 is 2.33 bits per heavy atom. The van der Waals surface area contributed by atoms with E-state index in [0.29, 0.717) is 22.2 Å². The largest absolute Gasteiger partial charge is 0.334 e. The number of benzene rings is 3. The molecular formula is C25H20N4O3S. The number of aryl methyl sites for hydroxylation is 1. The molecule has 5 rings (SSSR count). The van der Waals surface area contributed by atoms with Crippen molar-refractivity contribution >= 4 is 9.84 Å². The van der Waals surface area contributed by atoms with Gasteiger partial charge < -0.3 is 4.52 Å². The quantitative estimate of drug-likeness (QED) is 0.365. The van der Waals surface area contributed by atoms with Gasteiger partial charge in [-0.1, -0.05) is 53.7 Å². The summed E-state index contributed by atoms with van der Waals surface area (Å²) in [5.41, 5.74) is 4.22. The molecule has 0 aliphatic heterocycles. The molecule has 0 saturated heterocycles. The molecule has 2 heterocycles. The molecule has 7 nitrogen and oxygen atoms in total. The molecule has 5 aromatic rings. The van der Waals surface area contributed by atoms with E-state index in [2.05, 4.69) is 15.2 Å². The van der Waals surface area contributed by atoms with E-state index < -0.39 is 9.84 Å². The van der Waals surface area contributed by atoms with Crippen molar-refractivity contribution in [3.8, 4) is 34.1 Å². The molecule has 0 unspecified atom stereocenters. The number of sulfone groups is 1. The standard InChI is InChI=1S/C25H20N4O3S/c1-29-23(14-15-26-29)20-6-5-7-21(16-20)24-27-25(32-28-24)19-12-10-18(11-13-19)17-33(30,31)22-8-3-2-4-9-22/h2-16H,17H2,1H3. The predicted molar refractivity (Wildman–Crippen MR) is 125 cm³/mol. The van der Waals surface area contributed by atoms with Crippen LogP contribution in [-0.4, -0.2) is 28.3 Å². The summed E-state index contributed by atoms with van der Waals surface area (Å²) in [5, 5.41) is 8.34. The zero-order valence-electron chi connectivity index (χ0n) is 17.8. The van der Waals surface area contributed by atoms with E-state index in [1.807, 2.05) is 37.4 Å². The molecule has 0 amide bonds. The zero-order valence-corrected chi connectivity index (χ0v) is 18.6. The van der Waals surface area contributed by atoms with E-state index >= 15 is 0 Å². The predicted octanol–water partition coefficient (Wildman–Crippen LogP) is 4.78. The highest BCUT2D eigenvalue weighted by Crippen LogP contribution is 2.27. The van der Waals surface area contributed by atoms with Gasteiger partial charge in [0.05, 0.1) is 16.3 Å². The topological polar surface area (TPSA) is 90.9 Å². The first kappa shape index (κ1) is 20.8. The first-order valence-electron chi connectivity index (χ1n) is 10.3. The van der Waals surface area contributed by atoms with Crippen LogP contribution in [-0.2, 0) is 22.6 Å². The Labute approximate surface area is 191 Å². The van der Waals surface area contributed by atoms with Gasteiger partial charge in [-0.25, -0.2) is 8.42 Å². The van der Waals surface area contributed by atoms with Gasteiger partial charge in [0.1, 0.15) is 0 Å². The molecule has 33 heavy (non-hydrogen) atoms. The molecule has 0 saturated carbocycles. The molecule has 0 spiro atoms. The monoisotopic (exact) mass is 456 g/mol. The average molecular weight is 457 g/mol.